The molecule has 23 heavy (non-hydrogen) atoms. The van der Waals surface area contributed by atoms with Crippen molar-refractivity contribution in [3.63, 3.8) is 0 Å². The molecule has 0 unspecified atom stereocenters. The average Bonchev–Trinajstić information content (AvgIpc) is 2.76. The number of allylic oxidation sites excluding steroid dienone is 2. The van der Waals surface area contributed by atoms with Crippen LogP contribution in [0.4, 0.5) is 0 Å². The summed E-state index contributed by atoms with van der Waals surface area (Å²) in [5.41, 5.74) is 2.61. The molecule has 1 aromatic rings. The monoisotopic (exact) mass is 352 g/mol. The number of fused-ring (bicyclic) bond motifs is 1. The van der Waals surface area contributed by atoms with Gasteiger partial charge in [-0.25, -0.2) is 0 Å². The molecular formula is C16H14Cl2N2O3. The molecular weight excluding hydrogens is 339 g/mol. The van der Waals surface area contributed by atoms with Crippen molar-refractivity contribution in [3.8, 4) is 0 Å². The second kappa shape index (κ2) is 5.98. The quantitative estimate of drug-likeness (QED) is 0.657. The van der Waals surface area contributed by atoms with Crippen molar-refractivity contribution in [2.75, 3.05) is 0 Å². The van der Waals surface area contributed by atoms with E-state index in [1.54, 1.807) is 0 Å². The van der Waals surface area contributed by atoms with Gasteiger partial charge >= 0.3 is 0 Å². The molecule has 1 saturated heterocycles. The molecule has 1 N–H and O–H groups in total. The van der Waals surface area contributed by atoms with Gasteiger partial charge in [-0.05, 0) is 30.5 Å². The molecule has 3 amide bonds. The molecule has 2 aliphatic rings. The van der Waals surface area contributed by atoms with Gasteiger partial charge in [0, 0.05) is 5.56 Å². The summed E-state index contributed by atoms with van der Waals surface area (Å²) in [6.07, 6.45) is 4.34. The minimum absolute atomic E-state index is 0.0305. The summed E-state index contributed by atoms with van der Waals surface area (Å²) in [6, 6.07) is 4.35. The first-order valence-corrected chi connectivity index (χ1v) is 7.96. The molecule has 7 heteroatoms. The minimum atomic E-state index is -0.579. The number of nitrogens with one attached hydrogen (secondary N) is 1. The summed E-state index contributed by atoms with van der Waals surface area (Å²) in [5.74, 6) is -2.17. The van der Waals surface area contributed by atoms with Crippen LogP contribution < -0.4 is 5.43 Å². The number of carbonyl (C=O) groups excluding carboxylic acids is 3. The zero-order valence-corrected chi connectivity index (χ0v) is 13.8. The van der Waals surface area contributed by atoms with Gasteiger partial charge in [0.15, 0.2) is 0 Å². The molecule has 5 nitrogen and oxygen atoms in total. The maximum atomic E-state index is 12.5. The topological polar surface area (TPSA) is 66.5 Å². The van der Waals surface area contributed by atoms with Crippen LogP contribution in [-0.2, 0) is 9.59 Å². The summed E-state index contributed by atoms with van der Waals surface area (Å²) in [4.78, 5) is 37.1. The van der Waals surface area contributed by atoms with Crippen molar-refractivity contribution in [3.05, 3.63) is 46.0 Å². The molecule has 0 radical (unpaired) electrons. The number of hydrazine groups is 1. The van der Waals surface area contributed by atoms with Crippen LogP contribution in [-0.4, -0.2) is 22.7 Å². The summed E-state index contributed by atoms with van der Waals surface area (Å²) in [6.45, 7) is 1.89. The Morgan fingerprint density at radius 1 is 1.22 bits per heavy atom. The molecule has 3 rings (SSSR count). The Morgan fingerprint density at radius 3 is 2.61 bits per heavy atom. The van der Waals surface area contributed by atoms with E-state index in [4.69, 9.17) is 23.2 Å². The lowest BCUT2D eigenvalue weighted by molar-refractivity contribution is -0.142. The molecule has 1 aromatic carbocycles. The summed E-state index contributed by atoms with van der Waals surface area (Å²) >= 11 is 11.7. The highest BCUT2D eigenvalue weighted by Crippen LogP contribution is 2.37. The summed E-state index contributed by atoms with van der Waals surface area (Å²) < 4.78 is 0. The van der Waals surface area contributed by atoms with Gasteiger partial charge < -0.3 is 0 Å². The fourth-order valence-electron chi connectivity index (χ4n) is 3.06. The molecule has 1 heterocycles. The Labute approximate surface area is 143 Å². The van der Waals surface area contributed by atoms with Crippen LogP contribution in [0.3, 0.4) is 0 Å². The van der Waals surface area contributed by atoms with E-state index in [-0.39, 0.29) is 28.3 Å². The van der Waals surface area contributed by atoms with Crippen molar-refractivity contribution in [2.45, 2.75) is 13.3 Å². The number of hydrogen-bond acceptors (Lipinski definition) is 3. The summed E-state index contributed by atoms with van der Waals surface area (Å²) in [5, 5.41) is 1.39. The van der Waals surface area contributed by atoms with Gasteiger partial charge in [0.05, 0.1) is 21.9 Å². The van der Waals surface area contributed by atoms with Gasteiger partial charge in [0.25, 0.3) is 17.7 Å². The number of nitrogens with zero attached hydrogens (tertiary/aromatic N) is 1. The Bertz CT molecular complexity index is 732. The fourth-order valence-corrected chi connectivity index (χ4v) is 3.36. The first kappa shape index (κ1) is 16.0. The van der Waals surface area contributed by atoms with Crippen LogP contribution in [0.2, 0.25) is 10.0 Å². The lowest BCUT2D eigenvalue weighted by atomic mass is 9.78. The molecule has 1 aliphatic heterocycles. The lowest BCUT2D eigenvalue weighted by Crippen LogP contribution is -2.46. The highest BCUT2D eigenvalue weighted by atomic mass is 35.5. The number of carbonyl (C=O) groups is 3. The van der Waals surface area contributed by atoms with E-state index >= 15 is 0 Å². The van der Waals surface area contributed by atoms with E-state index < -0.39 is 17.7 Å². The third-order valence-corrected chi connectivity index (χ3v) is 5.01. The first-order chi connectivity index (χ1) is 10.9. The van der Waals surface area contributed by atoms with Crippen molar-refractivity contribution < 1.29 is 14.4 Å². The maximum Gasteiger partial charge on any atom is 0.270 e. The Morgan fingerprint density at radius 2 is 1.96 bits per heavy atom. The average molecular weight is 353 g/mol. The molecule has 0 bridgehead atoms. The Hall–Kier alpha value is -1.85. The van der Waals surface area contributed by atoms with Crippen molar-refractivity contribution in [2.24, 2.45) is 17.8 Å². The van der Waals surface area contributed by atoms with E-state index in [1.807, 2.05) is 19.1 Å². The van der Waals surface area contributed by atoms with Crippen molar-refractivity contribution in [1.29, 1.82) is 0 Å². The zero-order valence-electron chi connectivity index (χ0n) is 12.3. The first-order valence-electron chi connectivity index (χ1n) is 7.20. The zero-order chi connectivity index (χ0) is 16.7. The van der Waals surface area contributed by atoms with Crippen LogP contribution in [0, 0.1) is 17.8 Å². The SMILES string of the molecule is C[C@@H]1C=CC[C@H]2C(=O)N(NC(=O)c3ccc(Cl)c(Cl)c3)C(=O)[C@@H]12. The normalized spacial score (nSPS) is 26.4. The number of hydrogen-bond donors (Lipinski definition) is 1. The highest BCUT2D eigenvalue weighted by molar-refractivity contribution is 6.42. The van der Waals surface area contributed by atoms with Crippen LogP contribution in [0.1, 0.15) is 23.7 Å². The third-order valence-electron chi connectivity index (χ3n) is 4.27. The summed E-state index contributed by atoms with van der Waals surface area (Å²) in [7, 11) is 0. The van der Waals surface area contributed by atoms with Crippen LogP contribution in [0.5, 0.6) is 0 Å². The molecule has 0 saturated carbocycles. The minimum Gasteiger partial charge on any atom is -0.272 e. The van der Waals surface area contributed by atoms with Gasteiger partial charge in [0.1, 0.15) is 0 Å². The van der Waals surface area contributed by atoms with Crippen molar-refractivity contribution in [1.82, 2.24) is 10.4 Å². The van der Waals surface area contributed by atoms with Crippen LogP contribution in [0.25, 0.3) is 0 Å². The van der Waals surface area contributed by atoms with Gasteiger partial charge in [-0.15, -0.1) is 0 Å². The maximum absolute atomic E-state index is 12.5. The number of amides is 3. The van der Waals surface area contributed by atoms with E-state index in [9.17, 15) is 14.4 Å². The van der Waals surface area contributed by atoms with E-state index in [2.05, 4.69) is 5.43 Å². The van der Waals surface area contributed by atoms with E-state index in [0.29, 0.717) is 11.4 Å². The van der Waals surface area contributed by atoms with Gasteiger partial charge in [0.2, 0.25) is 0 Å². The second-order valence-electron chi connectivity index (χ2n) is 5.74. The smallest absolute Gasteiger partial charge is 0.270 e. The third kappa shape index (κ3) is 2.75. The number of benzene rings is 1. The molecule has 120 valence electrons. The lowest BCUT2D eigenvalue weighted by Gasteiger charge is -2.22. The molecule has 0 spiro atoms. The fraction of sp³-hybridized carbons (Fsp3) is 0.312. The van der Waals surface area contributed by atoms with Gasteiger partial charge in [-0.1, -0.05) is 42.3 Å². The highest BCUT2D eigenvalue weighted by Gasteiger charge is 2.50. The molecule has 3 atom stereocenters. The standard InChI is InChI=1S/C16H14Cl2N2O3/c1-8-3-2-4-10-13(8)16(23)20(15(10)22)19-14(21)9-5-6-11(17)12(18)7-9/h2-3,5-8,10,13H,4H2,1H3,(H,19,21)/t8-,10-,13+/m1/s1. The molecule has 1 fully saturated rings. The largest absolute Gasteiger partial charge is 0.272 e. The second-order valence-corrected chi connectivity index (χ2v) is 6.55. The van der Waals surface area contributed by atoms with Gasteiger partial charge in [-0.2, -0.15) is 5.01 Å². The van der Waals surface area contributed by atoms with Crippen molar-refractivity contribution >= 4 is 40.9 Å². The number of halogens is 2. The Kier molecular flexibility index (Phi) is 4.17. The van der Waals surface area contributed by atoms with Crippen LogP contribution in [0.15, 0.2) is 30.4 Å². The van der Waals surface area contributed by atoms with Crippen LogP contribution >= 0.6 is 23.2 Å². The number of imide groups is 1. The number of rotatable bonds is 2. The molecule has 0 aromatic heterocycles. The predicted octanol–water partition coefficient (Wildman–Crippen LogP) is 2.84. The van der Waals surface area contributed by atoms with E-state index in [0.717, 1.165) is 5.01 Å². The van der Waals surface area contributed by atoms with E-state index in [1.165, 1.54) is 18.2 Å². The molecule has 1 aliphatic carbocycles. The predicted molar refractivity (Wildman–Crippen MR) is 85.7 cm³/mol. The van der Waals surface area contributed by atoms with Gasteiger partial charge in [-0.3, -0.25) is 19.8 Å². The Balaban J connectivity index is 1.80.